The minimum absolute atomic E-state index is 0.189. The number of thiazole rings is 1. The van der Waals surface area contributed by atoms with Gasteiger partial charge >= 0.3 is 5.97 Å². The third-order valence-corrected chi connectivity index (χ3v) is 8.00. The molecule has 0 radical (unpaired) electrons. The Kier molecular flexibility index (Phi) is 9.25. The Hall–Kier alpha value is -4.14. The Balaban J connectivity index is 1.64. The molecule has 216 valence electrons. The molecule has 0 saturated heterocycles. The summed E-state index contributed by atoms with van der Waals surface area (Å²) in [6, 6.07) is 21.9. The zero-order chi connectivity index (χ0) is 29.6. The normalized spacial score (nSPS) is 14.8. The van der Waals surface area contributed by atoms with Crippen molar-refractivity contribution in [2.45, 2.75) is 39.3 Å². The van der Waals surface area contributed by atoms with Crippen LogP contribution < -0.4 is 24.4 Å². The quantitative estimate of drug-likeness (QED) is 0.214. The molecule has 3 aromatic carbocycles. The molecule has 0 amide bonds. The second-order valence-electron chi connectivity index (χ2n) is 9.65. The van der Waals surface area contributed by atoms with E-state index in [9.17, 15) is 9.59 Å². The van der Waals surface area contributed by atoms with Gasteiger partial charge in [0.05, 0.1) is 29.5 Å². The lowest BCUT2D eigenvalue weighted by atomic mass is 9.93. The predicted octanol–water partition coefficient (Wildman–Crippen LogP) is 5.82. The first-order valence-electron chi connectivity index (χ1n) is 13.8. The molecule has 0 saturated carbocycles. The van der Waals surface area contributed by atoms with Gasteiger partial charge in [0.2, 0.25) is 0 Å². The lowest BCUT2D eigenvalue weighted by Gasteiger charge is -2.27. The van der Waals surface area contributed by atoms with E-state index in [1.165, 1.54) is 11.3 Å². The molecule has 0 bridgehead atoms. The smallest absolute Gasteiger partial charge is 0.338 e. The zero-order valence-corrected chi connectivity index (χ0v) is 25.2. The second-order valence-corrected chi connectivity index (χ2v) is 11.1. The summed E-state index contributed by atoms with van der Waals surface area (Å²) in [5.74, 6) is 0.674. The van der Waals surface area contributed by atoms with E-state index in [0.717, 1.165) is 17.5 Å². The van der Waals surface area contributed by atoms with E-state index in [0.29, 0.717) is 55.7 Å². The largest absolute Gasteiger partial charge is 0.496 e. The van der Waals surface area contributed by atoms with Gasteiger partial charge in [0.1, 0.15) is 24.1 Å². The van der Waals surface area contributed by atoms with Gasteiger partial charge in [-0.15, -0.1) is 0 Å². The van der Waals surface area contributed by atoms with Crippen molar-refractivity contribution in [2.75, 3.05) is 13.7 Å². The average Bonchev–Trinajstić information content (AvgIpc) is 3.30. The molecule has 0 spiro atoms. The molecule has 1 atom stereocenters. The summed E-state index contributed by atoms with van der Waals surface area (Å²) >= 11 is 7.70. The summed E-state index contributed by atoms with van der Waals surface area (Å²) in [5.41, 5.74) is 3.08. The molecule has 1 aromatic heterocycles. The second kappa shape index (κ2) is 13.2. The van der Waals surface area contributed by atoms with Crippen molar-refractivity contribution in [3.8, 4) is 11.5 Å². The van der Waals surface area contributed by atoms with Crippen molar-refractivity contribution in [3.63, 3.8) is 0 Å². The van der Waals surface area contributed by atoms with Crippen LogP contribution in [0, 0.1) is 0 Å². The van der Waals surface area contributed by atoms with Crippen molar-refractivity contribution in [3.05, 3.63) is 125 Å². The Bertz CT molecular complexity index is 1810. The lowest BCUT2D eigenvalue weighted by Crippen LogP contribution is -2.40. The van der Waals surface area contributed by atoms with Gasteiger partial charge in [0.15, 0.2) is 4.80 Å². The topological polar surface area (TPSA) is 79.1 Å². The van der Waals surface area contributed by atoms with Crippen LogP contribution in [0.3, 0.4) is 0 Å². The molecule has 7 nitrogen and oxygen atoms in total. The predicted molar refractivity (Wildman–Crippen MR) is 165 cm³/mol. The number of fused-ring (bicyclic) bond motifs is 1. The summed E-state index contributed by atoms with van der Waals surface area (Å²) in [7, 11) is 1.55. The molecular formula is C33H31ClN2O5S. The molecule has 4 aromatic rings. The standard InChI is InChI=1S/C33H31ClN2O5S/c1-4-10-26-29(32(38)40-5-2)30(25-19-23(34)15-16-27(25)39-3)36-31(37)28(42-33(36)35-26)18-22-13-9-14-24(17-22)41-20-21-11-7-6-8-12-21/h6-9,11-19,30H,4-5,10,20H2,1-3H3/b28-18+/t30-/m1/s1. The van der Waals surface area contributed by atoms with Crippen molar-refractivity contribution < 1.29 is 19.0 Å². The van der Waals surface area contributed by atoms with E-state index in [1.54, 1.807) is 36.8 Å². The molecule has 5 rings (SSSR count). The van der Waals surface area contributed by atoms with E-state index in [1.807, 2.05) is 67.6 Å². The summed E-state index contributed by atoms with van der Waals surface area (Å²) < 4.78 is 19.2. The summed E-state index contributed by atoms with van der Waals surface area (Å²) in [6.45, 7) is 4.39. The molecular weight excluding hydrogens is 572 g/mol. The molecule has 0 fully saturated rings. The van der Waals surface area contributed by atoms with Crippen LogP contribution in [0.5, 0.6) is 11.5 Å². The van der Waals surface area contributed by atoms with Crippen molar-refractivity contribution >= 4 is 35.0 Å². The van der Waals surface area contributed by atoms with Crippen LogP contribution >= 0.6 is 22.9 Å². The number of aromatic nitrogens is 1. The molecule has 1 aliphatic heterocycles. The number of ether oxygens (including phenoxy) is 3. The van der Waals surface area contributed by atoms with Crippen LogP contribution in [0.2, 0.25) is 5.02 Å². The van der Waals surface area contributed by atoms with E-state index in [2.05, 4.69) is 0 Å². The molecule has 0 aliphatic carbocycles. The van der Waals surface area contributed by atoms with Gasteiger partial charge in [-0.05, 0) is 60.9 Å². The number of rotatable bonds is 10. The molecule has 9 heteroatoms. The Labute approximate surface area is 253 Å². The highest BCUT2D eigenvalue weighted by molar-refractivity contribution is 7.07. The van der Waals surface area contributed by atoms with Gasteiger partial charge in [-0.2, -0.15) is 0 Å². The fraction of sp³-hybridized carbons (Fsp3) is 0.242. The number of halogens is 1. The van der Waals surface area contributed by atoms with Gasteiger partial charge in [-0.3, -0.25) is 9.36 Å². The number of carbonyl (C=O) groups excluding carboxylic acids is 1. The van der Waals surface area contributed by atoms with Crippen LogP contribution in [0.1, 0.15) is 49.4 Å². The number of nitrogens with zero attached hydrogens (tertiary/aromatic N) is 2. The number of hydrogen-bond acceptors (Lipinski definition) is 7. The number of hydrogen-bond donors (Lipinski definition) is 0. The van der Waals surface area contributed by atoms with Crippen LogP contribution in [0.4, 0.5) is 0 Å². The lowest BCUT2D eigenvalue weighted by molar-refractivity contribution is -0.139. The minimum Gasteiger partial charge on any atom is -0.496 e. The fourth-order valence-corrected chi connectivity index (χ4v) is 6.12. The van der Waals surface area contributed by atoms with E-state index < -0.39 is 12.0 Å². The number of methoxy groups -OCH3 is 1. The number of benzene rings is 3. The first kappa shape index (κ1) is 29.4. The van der Waals surface area contributed by atoms with Crippen molar-refractivity contribution in [1.82, 2.24) is 4.57 Å². The Morgan fingerprint density at radius 3 is 2.62 bits per heavy atom. The van der Waals surface area contributed by atoms with Crippen LogP contribution in [0.15, 0.2) is 93.9 Å². The van der Waals surface area contributed by atoms with Gasteiger partial charge in [0, 0.05) is 10.6 Å². The molecule has 1 aliphatic rings. The molecule has 0 unspecified atom stereocenters. The highest BCUT2D eigenvalue weighted by Gasteiger charge is 2.36. The minimum atomic E-state index is -0.821. The van der Waals surface area contributed by atoms with E-state index >= 15 is 0 Å². The maximum atomic E-state index is 14.1. The van der Waals surface area contributed by atoms with Gasteiger partial charge in [-0.25, -0.2) is 9.79 Å². The monoisotopic (exact) mass is 602 g/mol. The van der Waals surface area contributed by atoms with Crippen LogP contribution in [0.25, 0.3) is 6.08 Å². The number of esters is 1. The molecule has 42 heavy (non-hydrogen) atoms. The van der Waals surface area contributed by atoms with Gasteiger partial charge in [0.25, 0.3) is 5.56 Å². The van der Waals surface area contributed by atoms with E-state index in [-0.39, 0.29) is 12.2 Å². The van der Waals surface area contributed by atoms with Crippen LogP contribution in [-0.4, -0.2) is 24.3 Å². The zero-order valence-electron chi connectivity index (χ0n) is 23.6. The summed E-state index contributed by atoms with van der Waals surface area (Å²) in [4.78, 5) is 32.8. The Morgan fingerprint density at radius 2 is 1.88 bits per heavy atom. The third kappa shape index (κ3) is 6.20. The van der Waals surface area contributed by atoms with Crippen molar-refractivity contribution in [1.29, 1.82) is 0 Å². The highest BCUT2D eigenvalue weighted by Crippen LogP contribution is 2.38. The first-order valence-corrected chi connectivity index (χ1v) is 14.9. The highest BCUT2D eigenvalue weighted by atomic mass is 35.5. The average molecular weight is 603 g/mol. The van der Waals surface area contributed by atoms with E-state index in [4.69, 9.17) is 30.8 Å². The molecule has 2 heterocycles. The third-order valence-electron chi connectivity index (χ3n) is 6.78. The van der Waals surface area contributed by atoms with Gasteiger partial charge < -0.3 is 14.2 Å². The maximum absolute atomic E-state index is 14.1. The molecule has 0 N–H and O–H groups in total. The van der Waals surface area contributed by atoms with Gasteiger partial charge in [-0.1, -0.05) is 78.7 Å². The Morgan fingerprint density at radius 1 is 1.07 bits per heavy atom. The summed E-state index contributed by atoms with van der Waals surface area (Å²) in [5, 5.41) is 0.456. The SMILES string of the molecule is CCCC1=C(C(=O)OCC)[C@@H](c2cc(Cl)ccc2OC)n2c(s/c(=C/c3cccc(OCc4ccccc4)c3)c2=O)=N1. The first-order chi connectivity index (χ1) is 20.4. The maximum Gasteiger partial charge on any atom is 0.338 e. The van der Waals surface area contributed by atoms with Crippen LogP contribution in [-0.2, 0) is 16.1 Å². The number of carbonyl (C=O) groups is 1. The number of allylic oxidation sites excluding steroid dienone is 1. The summed E-state index contributed by atoms with van der Waals surface area (Å²) in [6.07, 6.45) is 3.12. The fourth-order valence-electron chi connectivity index (χ4n) is 4.92. The van der Waals surface area contributed by atoms with Crippen molar-refractivity contribution in [2.24, 2.45) is 4.99 Å².